The molecule has 6 unspecified atom stereocenters. The summed E-state index contributed by atoms with van der Waals surface area (Å²) in [5, 5.41) is 78.5. The van der Waals surface area contributed by atoms with Crippen LogP contribution in [0, 0.1) is 0 Å². The molecule has 0 radical (unpaired) electrons. The first kappa shape index (κ1) is 81.7. The van der Waals surface area contributed by atoms with Crippen LogP contribution in [-0.4, -0.2) is 202 Å². The molecule has 0 saturated carbocycles. The summed E-state index contributed by atoms with van der Waals surface area (Å²) in [5.41, 5.74) is -2.64. The smallest absolute Gasteiger partial charge is 0.407 e. The molecular formula is C72H78N8O26. The minimum absolute atomic E-state index is 0.317. The van der Waals surface area contributed by atoms with Gasteiger partial charge < -0.3 is 102 Å². The van der Waals surface area contributed by atoms with Crippen LogP contribution in [-0.2, 0) is 105 Å². The number of hydrogen-bond acceptors (Lipinski definition) is 20. The fourth-order valence-electron chi connectivity index (χ4n) is 10.0. The van der Waals surface area contributed by atoms with E-state index in [9.17, 15) is 97.8 Å². The summed E-state index contributed by atoms with van der Waals surface area (Å²) in [7, 11) is 0. The third-order valence-electron chi connectivity index (χ3n) is 15.5. The highest BCUT2D eigenvalue weighted by molar-refractivity contribution is 5.87. The Bertz CT molecular complexity index is 3330. The van der Waals surface area contributed by atoms with Gasteiger partial charge in [-0.15, -0.1) is 0 Å². The van der Waals surface area contributed by atoms with Gasteiger partial charge in [-0.1, -0.05) is 182 Å². The second kappa shape index (κ2) is 41.6. The van der Waals surface area contributed by atoms with Crippen molar-refractivity contribution in [3.63, 3.8) is 0 Å². The van der Waals surface area contributed by atoms with Gasteiger partial charge in [0, 0.05) is 51.4 Å². The van der Waals surface area contributed by atoms with Crippen LogP contribution >= 0.6 is 0 Å². The topological polar surface area (TPSA) is 512 Å². The van der Waals surface area contributed by atoms with Crippen molar-refractivity contribution in [1.29, 1.82) is 0 Å². The number of benzene rings is 6. The highest BCUT2D eigenvalue weighted by Gasteiger charge is 2.42. The van der Waals surface area contributed by atoms with Crippen molar-refractivity contribution in [2.45, 2.75) is 98.7 Å². The van der Waals surface area contributed by atoms with Crippen LogP contribution in [0.5, 0.6) is 0 Å². The van der Waals surface area contributed by atoms with E-state index in [0.717, 1.165) is 0 Å². The van der Waals surface area contributed by atoms with E-state index in [1.807, 2.05) is 0 Å². The third-order valence-corrected chi connectivity index (χ3v) is 15.5. The molecule has 6 rings (SSSR count). The highest BCUT2D eigenvalue weighted by atomic mass is 16.6. The Labute approximate surface area is 604 Å². The minimum atomic E-state index is -2.61. The van der Waals surface area contributed by atoms with Crippen molar-refractivity contribution >= 4 is 84.2 Å². The first-order chi connectivity index (χ1) is 50.7. The zero-order valence-corrected chi connectivity index (χ0v) is 56.5. The standard InChI is InChI=1S/C72H78N8O26/c81-57(79-71(39-101-65(95)73-51(59(83)84)33-45-19-7-1-8-20-45,40-102-66(96)74-52(60(85)86)34-46-21-9-2-10-22-46)41-103-67(97)75-53(61(87)88)35-47-23-11-3-12-24-47)31-32-58(82)80-72(42-104-68(98)76-54(62(89)90)36-48-25-13-4-14-26-48,43-105-69(99)77-55(63(91)92)37-49-27-15-5-16-28-49)44-106-70(100)78-56(64(93)94)38-50-29-17-6-18-30-50/h1-30,51-56H,31-44H2,(H,73,95)(H,74,96)(H,75,97)(H,76,98)(H,77,99)(H,78,100)(H,79,81)(H,80,82)(H,83,84)(H,85,86)(H,87,88)(H,89,90)(H,91,92)(H,93,94). The average Bonchev–Trinajstić information content (AvgIpc) is 0.839. The molecule has 562 valence electrons. The van der Waals surface area contributed by atoms with Crippen molar-refractivity contribution in [2.75, 3.05) is 39.6 Å². The molecule has 6 atom stereocenters. The average molecular weight is 1470 g/mol. The Hall–Kier alpha value is -13.3. The number of carboxylic acids is 6. The van der Waals surface area contributed by atoms with E-state index in [0.29, 0.717) is 33.4 Å². The molecule has 8 amide bonds. The monoisotopic (exact) mass is 1470 g/mol. The zero-order chi connectivity index (χ0) is 77.0. The Morgan fingerprint density at radius 1 is 0.245 bits per heavy atom. The predicted octanol–water partition coefficient (Wildman–Crippen LogP) is 4.01. The summed E-state index contributed by atoms with van der Waals surface area (Å²) < 4.78 is 32.8. The van der Waals surface area contributed by atoms with E-state index in [2.05, 4.69) is 42.5 Å². The number of hydrogen-bond donors (Lipinski definition) is 14. The lowest BCUT2D eigenvalue weighted by molar-refractivity contribution is -0.140. The Morgan fingerprint density at radius 3 is 0.519 bits per heavy atom. The van der Waals surface area contributed by atoms with Crippen molar-refractivity contribution in [2.24, 2.45) is 0 Å². The molecule has 0 aliphatic carbocycles. The summed E-state index contributed by atoms with van der Waals surface area (Å²) in [6.07, 6.45) is -13.1. The molecule has 0 fully saturated rings. The zero-order valence-electron chi connectivity index (χ0n) is 56.5. The van der Waals surface area contributed by atoms with Gasteiger partial charge in [-0.25, -0.2) is 57.5 Å². The summed E-state index contributed by atoms with van der Waals surface area (Å²) in [6.45, 7) is -7.63. The number of alkyl carbamates (subject to hydrolysis) is 6. The number of carboxylic acid groups (broad SMARTS) is 6. The Kier molecular flexibility index (Phi) is 32.0. The van der Waals surface area contributed by atoms with Crippen molar-refractivity contribution in [3.05, 3.63) is 215 Å². The third kappa shape index (κ3) is 29.3. The molecule has 0 aliphatic rings. The largest absolute Gasteiger partial charge is 0.480 e. The molecule has 0 heterocycles. The highest BCUT2D eigenvalue weighted by Crippen LogP contribution is 2.18. The van der Waals surface area contributed by atoms with Crippen LogP contribution in [0.15, 0.2) is 182 Å². The molecule has 34 heteroatoms. The number of rotatable bonds is 41. The molecule has 0 aromatic heterocycles. The SMILES string of the molecule is O=C(CCC(=O)NC(COC(=O)NC(Cc1ccccc1)C(=O)O)(COC(=O)NC(Cc1ccccc1)C(=O)O)COC(=O)NC(Cc1ccccc1)C(=O)O)NC(COC(=O)NC(Cc1ccccc1)C(=O)O)(COC(=O)NC(Cc1ccccc1)C(=O)O)COC(=O)NC(Cc1ccccc1)C(=O)O. The van der Waals surface area contributed by atoms with Gasteiger partial charge in [0.05, 0.1) is 0 Å². The van der Waals surface area contributed by atoms with Crippen LogP contribution in [0.4, 0.5) is 28.8 Å². The van der Waals surface area contributed by atoms with E-state index in [4.69, 9.17) is 28.4 Å². The summed E-state index contributed by atoms with van der Waals surface area (Å²) in [6, 6.07) is 37.4. The molecule has 6 aromatic rings. The van der Waals surface area contributed by atoms with Crippen LogP contribution < -0.4 is 42.5 Å². The number of carbonyl (C=O) groups is 14. The molecule has 14 N–H and O–H groups in total. The van der Waals surface area contributed by atoms with Crippen molar-refractivity contribution in [1.82, 2.24) is 42.5 Å². The van der Waals surface area contributed by atoms with Gasteiger partial charge in [0.2, 0.25) is 11.8 Å². The molecule has 6 aromatic carbocycles. The minimum Gasteiger partial charge on any atom is -0.480 e. The maximum absolute atomic E-state index is 14.6. The number of carbonyl (C=O) groups excluding carboxylic acids is 8. The van der Waals surface area contributed by atoms with E-state index in [-0.39, 0.29) is 38.5 Å². The second-order valence-corrected chi connectivity index (χ2v) is 24.0. The van der Waals surface area contributed by atoms with Crippen LogP contribution in [0.1, 0.15) is 46.2 Å². The molecule has 0 aliphatic heterocycles. The Morgan fingerprint density at radius 2 is 0.387 bits per heavy atom. The summed E-state index contributed by atoms with van der Waals surface area (Å²) in [5.74, 6) is -12.0. The fourth-order valence-corrected chi connectivity index (χ4v) is 10.0. The fraction of sp³-hybridized carbons (Fsp3) is 0.306. The van der Waals surface area contributed by atoms with Gasteiger partial charge in [-0.05, 0) is 33.4 Å². The van der Waals surface area contributed by atoms with E-state index in [1.54, 1.807) is 182 Å². The van der Waals surface area contributed by atoms with E-state index >= 15 is 0 Å². The maximum Gasteiger partial charge on any atom is 0.407 e. The van der Waals surface area contributed by atoms with Gasteiger partial charge >= 0.3 is 72.4 Å². The number of aliphatic carboxylic acids is 6. The van der Waals surface area contributed by atoms with Crippen molar-refractivity contribution < 1.29 is 126 Å². The number of amides is 8. The first-order valence-corrected chi connectivity index (χ1v) is 32.5. The van der Waals surface area contributed by atoms with E-state index in [1.165, 1.54) is 0 Å². The van der Waals surface area contributed by atoms with Crippen LogP contribution in [0.3, 0.4) is 0 Å². The molecular weight excluding hydrogens is 1390 g/mol. The van der Waals surface area contributed by atoms with Crippen LogP contribution in [0.25, 0.3) is 0 Å². The summed E-state index contributed by atoms with van der Waals surface area (Å²) in [4.78, 5) is 187. The maximum atomic E-state index is 14.6. The molecule has 106 heavy (non-hydrogen) atoms. The second-order valence-electron chi connectivity index (χ2n) is 24.0. The lowest BCUT2D eigenvalue weighted by Gasteiger charge is -2.34. The molecule has 34 nitrogen and oxygen atoms in total. The molecule has 0 saturated heterocycles. The van der Waals surface area contributed by atoms with Crippen molar-refractivity contribution in [3.8, 4) is 0 Å². The van der Waals surface area contributed by atoms with Gasteiger partial charge in [0.25, 0.3) is 0 Å². The molecule has 0 bridgehead atoms. The Balaban J connectivity index is 1.36. The summed E-state index contributed by atoms with van der Waals surface area (Å²) >= 11 is 0. The predicted molar refractivity (Wildman–Crippen MR) is 367 cm³/mol. The number of ether oxygens (including phenoxy) is 6. The van der Waals surface area contributed by atoms with Gasteiger partial charge in [0.15, 0.2) is 0 Å². The van der Waals surface area contributed by atoms with Gasteiger partial charge in [-0.2, -0.15) is 0 Å². The quantitative estimate of drug-likeness (QED) is 0.0241. The number of nitrogens with one attached hydrogen (secondary N) is 8. The van der Waals surface area contributed by atoms with Crippen LogP contribution in [0.2, 0.25) is 0 Å². The van der Waals surface area contributed by atoms with Gasteiger partial charge in [0.1, 0.15) is 87.0 Å². The molecule has 0 spiro atoms. The normalized spacial score (nSPS) is 13.5. The first-order valence-electron chi connectivity index (χ1n) is 32.5. The van der Waals surface area contributed by atoms with Gasteiger partial charge in [-0.3, -0.25) is 9.59 Å². The lowest BCUT2D eigenvalue weighted by Crippen LogP contribution is -2.61. The van der Waals surface area contributed by atoms with E-state index < -0.39 is 184 Å². The lowest BCUT2D eigenvalue weighted by atomic mass is 10.0.